The summed E-state index contributed by atoms with van der Waals surface area (Å²) in [5.74, 6) is -0.348. The fourth-order valence-corrected chi connectivity index (χ4v) is 3.25. The lowest BCUT2D eigenvalue weighted by Crippen LogP contribution is -2.19. The molecule has 1 N–H and O–H groups in total. The molecule has 0 spiro atoms. The van der Waals surface area contributed by atoms with E-state index in [-0.39, 0.29) is 17.3 Å². The first-order valence-electron chi connectivity index (χ1n) is 7.56. The summed E-state index contributed by atoms with van der Waals surface area (Å²) in [6, 6.07) is 11.6. The third kappa shape index (κ3) is 5.32. The molecular formula is C18H18ClNO5S. The summed E-state index contributed by atoms with van der Waals surface area (Å²) in [5.41, 5.74) is 1.28. The van der Waals surface area contributed by atoms with E-state index >= 15 is 0 Å². The van der Waals surface area contributed by atoms with Gasteiger partial charge >= 0.3 is 5.97 Å². The Morgan fingerprint density at radius 1 is 1.23 bits per heavy atom. The van der Waals surface area contributed by atoms with Crippen molar-refractivity contribution in [3.8, 4) is 5.75 Å². The monoisotopic (exact) mass is 395 g/mol. The summed E-state index contributed by atoms with van der Waals surface area (Å²) in [6.07, 6.45) is 2.69. The molecule has 0 atom stereocenters. The Morgan fingerprint density at radius 3 is 2.65 bits per heavy atom. The van der Waals surface area contributed by atoms with Crippen molar-refractivity contribution in [2.75, 3.05) is 14.2 Å². The van der Waals surface area contributed by atoms with Gasteiger partial charge in [0.15, 0.2) is 0 Å². The first kappa shape index (κ1) is 20.0. The minimum absolute atomic E-state index is 0.0167. The maximum Gasteiger partial charge on any atom is 0.331 e. The second-order valence-corrected chi connectivity index (χ2v) is 7.48. The van der Waals surface area contributed by atoms with Crippen molar-refractivity contribution < 1.29 is 22.7 Å². The molecule has 0 radical (unpaired) electrons. The van der Waals surface area contributed by atoms with Gasteiger partial charge in [0.05, 0.1) is 7.11 Å². The molecule has 0 saturated carbocycles. The number of nitrogens with one attached hydrogen (secondary N) is 1. The van der Waals surface area contributed by atoms with Crippen LogP contribution in [-0.4, -0.2) is 28.5 Å². The van der Waals surface area contributed by atoms with Crippen molar-refractivity contribution in [1.29, 1.82) is 0 Å². The number of halogens is 1. The van der Waals surface area contributed by atoms with Crippen LogP contribution in [0.2, 0.25) is 5.02 Å². The molecule has 0 heterocycles. The molecule has 2 rings (SSSR count). The van der Waals surface area contributed by atoms with Crippen LogP contribution in [0.25, 0.3) is 6.08 Å². The molecule has 138 valence electrons. The number of hydrogen-bond donors (Lipinski definition) is 1. The summed E-state index contributed by atoms with van der Waals surface area (Å²) in [5, 5.41) is 0.561. The van der Waals surface area contributed by atoms with Gasteiger partial charge in [0.2, 0.25) is 10.0 Å². The van der Waals surface area contributed by atoms with E-state index in [1.807, 2.05) is 0 Å². The lowest BCUT2D eigenvalue weighted by molar-refractivity contribution is -0.138. The molecule has 0 saturated heterocycles. The van der Waals surface area contributed by atoms with Gasteiger partial charge in [-0.25, -0.2) is 17.9 Å². The van der Waals surface area contributed by atoms with Gasteiger partial charge in [0, 0.05) is 11.1 Å². The molecule has 0 fully saturated rings. The molecular weight excluding hydrogens is 378 g/mol. The number of carbonyl (C=O) groups is 1. The second-order valence-electron chi connectivity index (χ2n) is 5.19. The van der Waals surface area contributed by atoms with Crippen LogP contribution in [0.1, 0.15) is 11.1 Å². The average molecular weight is 396 g/mol. The quantitative estimate of drug-likeness (QED) is 0.575. The Bertz CT molecular complexity index is 925. The number of hydrogen-bond acceptors (Lipinski definition) is 5. The second kappa shape index (κ2) is 8.84. The van der Waals surface area contributed by atoms with Crippen LogP contribution in [0, 0.1) is 0 Å². The fourth-order valence-electron chi connectivity index (χ4n) is 2.11. The highest BCUT2D eigenvalue weighted by molar-refractivity contribution is 7.89. The molecule has 8 heteroatoms. The zero-order valence-electron chi connectivity index (χ0n) is 14.2. The van der Waals surface area contributed by atoms with E-state index in [1.165, 1.54) is 38.4 Å². The summed E-state index contributed by atoms with van der Waals surface area (Å²) in [7, 11) is -0.998. The third-order valence-corrected chi connectivity index (χ3v) is 5.10. The molecule has 0 bridgehead atoms. The Morgan fingerprint density at radius 2 is 2.00 bits per heavy atom. The van der Waals surface area contributed by atoms with Crippen LogP contribution in [0.5, 0.6) is 5.75 Å². The number of benzene rings is 2. The molecule has 2 aromatic rings. The van der Waals surface area contributed by atoms with Crippen LogP contribution in [0.4, 0.5) is 0 Å². The van der Waals surface area contributed by atoms with Gasteiger partial charge in [-0.2, -0.15) is 0 Å². The van der Waals surface area contributed by atoms with Crippen molar-refractivity contribution in [2.45, 2.75) is 11.5 Å². The first-order valence-corrected chi connectivity index (χ1v) is 9.42. The normalized spacial score (nSPS) is 11.5. The van der Waals surface area contributed by atoms with E-state index in [1.54, 1.807) is 30.3 Å². The summed E-state index contributed by atoms with van der Waals surface area (Å²) in [4.78, 5) is 11.8. The van der Waals surface area contributed by atoms with Crippen molar-refractivity contribution >= 4 is 33.7 Å². The number of esters is 1. The van der Waals surface area contributed by atoms with Crippen molar-refractivity contribution in [3.63, 3.8) is 0 Å². The number of carbonyl (C=O) groups excluding carboxylic acids is 1. The molecule has 0 unspecified atom stereocenters. The van der Waals surface area contributed by atoms with E-state index in [4.69, 9.17) is 21.1 Å². The zero-order valence-corrected chi connectivity index (χ0v) is 15.8. The van der Waals surface area contributed by atoms with Gasteiger partial charge in [-0.3, -0.25) is 0 Å². The van der Waals surface area contributed by atoms with E-state index in [2.05, 4.69) is 4.72 Å². The van der Waals surface area contributed by atoms with Crippen LogP contribution in [0.15, 0.2) is 53.4 Å². The SMILES string of the molecule is CNS(=O)(=O)c1cc(/C=C/C(=O)OCc2cccc(Cl)c2)ccc1OC. The van der Waals surface area contributed by atoms with Crippen LogP contribution in [-0.2, 0) is 26.2 Å². The van der Waals surface area contributed by atoms with Crippen LogP contribution < -0.4 is 9.46 Å². The highest BCUT2D eigenvalue weighted by Crippen LogP contribution is 2.25. The van der Waals surface area contributed by atoms with Gasteiger partial charge in [0.25, 0.3) is 0 Å². The van der Waals surface area contributed by atoms with Crippen molar-refractivity contribution in [2.24, 2.45) is 0 Å². The van der Waals surface area contributed by atoms with Gasteiger partial charge in [-0.1, -0.05) is 29.8 Å². The minimum Gasteiger partial charge on any atom is -0.495 e. The van der Waals surface area contributed by atoms with E-state index in [0.717, 1.165) is 5.56 Å². The first-order chi connectivity index (χ1) is 12.4. The minimum atomic E-state index is -3.69. The summed E-state index contributed by atoms with van der Waals surface area (Å²) >= 11 is 5.87. The number of sulfonamides is 1. The number of rotatable bonds is 7. The maximum absolute atomic E-state index is 12.0. The molecule has 6 nitrogen and oxygen atoms in total. The molecule has 0 aliphatic rings. The molecule has 2 aromatic carbocycles. The maximum atomic E-state index is 12.0. The smallest absolute Gasteiger partial charge is 0.331 e. The predicted octanol–water partition coefficient (Wildman–Crippen LogP) is 3.01. The zero-order chi connectivity index (χ0) is 19.2. The Kier molecular flexibility index (Phi) is 6.79. The largest absolute Gasteiger partial charge is 0.495 e. The van der Waals surface area contributed by atoms with Gasteiger partial charge < -0.3 is 9.47 Å². The topological polar surface area (TPSA) is 81.7 Å². The standard InChI is InChI=1S/C18H18ClNO5S/c1-20-26(22,23)17-11-13(6-8-16(17)24-2)7-9-18(21)25-12-14-4-3-5-15(19)10-14/h3-11,20H,12H2,1-2H3/b9-7+. The van der Waals surface area contributed by atoms with Crippen molar-refractivity contribution in [1.82, 2.24) is 4.72 Å². The predicted molar refractivity (Wildman–Crippen MR) is 99.5 cm³/mol. The fraction of sp³-hybridized carbons (Fsp3) is 0.167. The molecule has 0 aromatic heterocycles. The van der Waals surface area contributed by atoms with Crippen LogP contribution >= 0.6 is 11.6 Å². The Hall–Kier alpha value is -2.35. The molecule has 0 amide bonds. The Balaban J connectivity index is 2.09. The van der Waals surface area contributed by atoms with Gasteiger partial charge in [-0.15, -0.1) is 0 Å². The summed E-state index contributed by atoms with van der Waals surface area (Å²) in [6.45, 7) is 0.0890. The average Bonchev–Trinajstić information content (AvgIpc) is 2.64. The van der Waals surface area contributed by atoms with Crippen molar-refractivity contribution in [3.05, 3.63) is 64.7 Å². The highest BCUT2D eigenvalue weighted by atomic mass is 35.5. The molecule has 0 aliphatic carbocycles. The van der Waals surface area contributed by atoms with E-state index in [9.17, 15) is 13.2 Å². The van der Waals surface area contributed by atoms with Gasteiger partial charge in [0.1, 0.15) is 17.3 Å². The third-order valence-electron chi connectivity index (χ3n) is 3.43. The Labute approximate surface area is 157 Å². The van der Waals surface area contributed by atoms with Crippen LogP contribution in [0.3, 0.4) is 0 Å². The lowest BCUT2D eigenvalue weighted by atomic mass is 10.2. The van der Waals surface area contributed by atoms with Gasteiger partial charge in [-0.05, 0) is 48.5 Å². The van der Waals surface area contributed by atoms with E-state index < -0.39 is 16.0 Å². The number of ether oxygens (including phenoxy) is 2. The summed E-state index contributed by atoms with van der Waals surface area (Å²) < 4.78 is 36.5. The lowest BCUT2D eigenvalue weighted by Gasteiger charge is -2.09. The molecule has 0 aliphatic heterocycles. The number of methoxy groups -OCH3 is 1. The highest BCUT2D eigenvalue weighted by Gasteiger charge is 2.17. The van der Waals surface area contributed by atoms with E-state index in [0.29, 0.717) is 10.6 Å². The molecule has 26 heavy (non-hydrogen) atoms.